The van der Waals surface area contributed by atoms with Crippen LogP contribution in [-0.4, -0.2) is 58.9 Å². The molecule has 1 aromatic carbocycles. The van der Waals surface area contributed by atoms with E-state index in [1.807, 2.05) is 43.1 Å². The number of morpholine rings is 1. The second kappa shape index (κ2) is 8.51. The standard InChI is InChI=1S/C24H28N4O3/c1-15-7-8-28-21(13-19-14-27(17(3)29)9-10-31-19)23(26-22(28)11-15)20-6-5-18(12-16(20)2)24(30)25-4/h5-8,11-12,19H,9-10,13-14H2,1-4H3,(H,25,30). The zero-order valence-electron chi connectivity index (χ0n) is 18.4. The van der Waals surface area contributed by atoms with Gasteiger partial charge in [-0.25, -0.2) is 4.98 Å². The molecule has 1 atom stereocenters. The zero-order valence-corrected chi connectivity index (χ0v) is 18.4. The molecule has 3 heterocycles. The minimum Gasteiger partial charge on any atom is -0.374 e. The number of hydrogen-bond donors (Lipinski definition) is 1. The van der Waals surface area contributed by atoms with Crippen molar-refractivity contribution in [3.8, 4) is 11.3 Å². The average Bonchev–Trinajstić information content (AvgIpc) is 3.10. The SMILES string of the molecule is CNC(=O)c1ccc(-c2nc3cc(C)ccn3c2CC2CN(C(C)=O)CCO2)c(C)c1. The molecule has 4 rings (SSSR count). The van der Waals surface area contributed by atoms with E-state index in [1.54, 1.807) is 14.0 Å². The summed E-state index contributed by atoms with van der Waals surface area (Å²) in [4.78, 5) is 30.7. The third-order valence-corrected chi connectivity index (χ3v) is 5.86. The minimum absolute atomic E-state index is 0.0722. The van der Waals surface area contributed by atoms with Gasteiger partial charge in [-0.1, -0.05) is 6.07 Å². The van der Waals surface area contributed by atoms with E-state index >= 15 is 0 Å². The molecular formula is C24H28N4O3. The number of benzene rings is 1. The Bertz CT molecular complexity index is 1150. The van der Waals surface area contributed by atoms with Crippen LogP contribution in [-0.2, 0) is 16.0 Å². The first-order chi connectivity index (χ1) is 14.9. The second-order valence-electron chi connectivity index (χ2n) is 8.11. The van der Waals surface area contributed by atoms with Crippen LogP contribution in [0.5, 0.6) is 0 Å². The molecule has 1 aliphatic rings. The summed E-state index contributed by atoms with van der Waals surface area (Å²) < 4.78 is 8.10. The largest absolute Gasteiger partial charge is 0.374 e. The maximum absolute atomic E-state index is 12.0. The Hall–Kier alpha value is -3.19. The van der Waals surface area contributed by atoms with E-state index in [1.165, 1.54) is 0 Å². The molecule has 3 aromatic rings. The Kier molecular flexibility index (Phi) is 5.78. The quantitative estimate of drug-likeness (QED) is 0.704. The number of fused-ring (bicyclic) bond motifs is 1. The van der Waals surface area contributed by atoms with Gasteiger partial charge in [0.2, 0.25) is 5.91 Å². The van der Waals surface area contributed by atoms with Crippen LogP contribution in [0.3, 0.4) is 0 Å². The third kappa shape index (κ3) is 4.18. The molecule has 0 bridgehead atoms. The molecule has 1 N–H and O–H groups in total. The van der Waals surface area contributed by atoms with Gasteiger partial charge in [0.1, 0.15) is 5.65 Å². The topological polar surface area (TPSA) is 75.9 Å². The fourth-order valence-corrected chi connectivity index (χ4v) is 4.17. The predicted molar refractivity (Wildman–Crippen MR) is 119 cm³/mol. The van der Waals surface area contributed by atoms with E-state index in [4.69, 9.17) is 9.72 Å². The van der Waals surface area contributed by atoms with Crippen molar-refractivity contribution < 1.29 is 14.3 Å². The van der Waals surface area contributed by atoms with Crippen molar-refractivity contribution in [1.29, 1.82) is 0 Å². The van der Waals surface area contributed by atoms with Crippen molar-refractivity contribution in [3.63, 3.8) is 0 Å². The van der Waals surface area contributed by atoms with E-state index in [0.717, 1.165) is 33.7 Å². The summed E-state index contributed by atoms with van der Waals surface area (Å²) in [7, 11) is 1.63. The number of aromatic nitrogens is 2. The molecule has 1 unspecified atom stereocenters. The highest BCUT2D eigenvalue weighted by Gasteiger charge is 2.26. The number of ether oxygens (including phenoxy) is 1. The summed E-state index contributed by atoms with van der Waals surface area (Å²) >= 11 is 0. The molecule has 2 aromatic heterocycles. The highest BCUT2D eigenvalue weighted by Crippen LogP contribution is 2.30. The molecule has 0 radical (unpaired) electrons. The number of hydrogen-bond acceptors (Lipinski definition) is 4. The summed E-state index contributed by atoms with van der Waals surface area (Å²) in [5.41, 5.74) is 6.53. The van der Waals surface area contributed by atoms with E-state index in [9.17, 15) is 9.59 Å². The van der Waals surface area contributed by atoms with Crippen molar-refractivity contribution in [1.82, 2.24) is 19.6 Å². The molecule has 1 fully saturated rings. The fourth-order valence-electron chi connectivity index (χ4n) is 4.17. The molecule has 0 saturated carbocycles. The van der Waals surface area contributed by atoms with E-state index < -0.39 is 0 Å². The van der Waals surface area contributed by atoms with Crippen LogP contribution in [0, 0.1) is 13.8 Å². The number of nitrogens with zero attached hydrogens (tertiary/aromatic N) is 3. The number of aryl methyl sites for hydroxylation is 2. The number of carbonyl (C=O) groups is 2. The molecule has 1 saturated heterocycles. The third-order valence-electron chi connectivity index (χ3n) is 5.86. The monoisotopic (exact) mass is 420 g/mol. The lowest BCUT2D eigenvalue weighted by atomic mass is 9.99. The van der Waals surface area contributed by atoms with Crippen LogP contribution in [0.4, 0.5) is 0 Å². The summed E-state index contributed by atoms with van der Waals surface area (Å²) in [5, 5.41) is 2.67. The van der Waals surface area contributed by atoms with Crippen LogP contribution in [0.1, 0.15) is 34.1 Å². The summed E-state index contributed by atoms with van der Waals surface area (Å²) in [6.45, 7) is 7.38. The van der Waals surface area contributed by atoms with E-state index in [-0.39, 0.29) is 17.9 Å². The Morgan fingerprint density at radius 2 is 2.03 bits per heavy atom. The molecule has 2 amide bonds. The lowest BCUT2D eigenvalue weighted by Crippen LogP contribution is -2.45. The second-order valence-corrected chi connectivity index (χ2v) is 8.11. The van der Waals surface area contributed by atoms with Crippen molar-refractivity contribution >= 4 is 17.5 Å². The number of pyridine rings is 1. The Morgan fingerprint density at radius 1 is 1.23 bits per heavy atom. The van der Waals surface area contributed by atoms with Gasteiger partial charge in [0.25, 0.3) is 5.91 Å². The van der Waals surface area contributed by atoms with Crippen LogP contribution < -0.4 is 5.32 Å². The molecule has 7 nitrogen and oxygen atoms in total. The normalized spacial score (nSPS) is 16.5. The number of imidazole rings is 1. The molecule has 0 spiro atoms. The summed E-state index contributed by atoms with van der Waals surface area (Å²) in [5.74, 6) is -0.0386. The van der Waals surface area contributed by atoms with Gasteiger partial charge in [0.05, 0.1) is 24.1 Å². The van der Waals surface area contributed by atoms with Crippen molar-refractivity contribution in [3.05, 3.63) is 58.9 Å². The van der Waals surface area contributed by atoms with Crippen LogP contribution in [0.2, 0.25) is 0 Å². The van der Waals surface area contributed by atoms with Gasteiger partial charge in [0.15, 0.2) is 0 Å². The van der Waals surface area contributed by atoms with Crippen molar-refractivity contribution in [2.75, 3.05) is 26.7 Å². The first-order valence-corrected chi connectivity index (χ1v) is 10.5. The maximum atomic E-state index is 12.0. The minimum atomic E-state index is -0.111. The number of rotatable bonds is 4. The fraction of sp³-hybridized carbons (Fsp3) is 0.375. The molecule has 1 aliphatic heterocycles. The van der Waals surface area contributed by atoms with Crippen LogP contribution in [0.25, 0.3) is 16.9 Å². The smallest absolute Gasteiger partial charge is 0.251 e. The molecular weight excluding hydrogens is 392 g/mol. The molecule has 31 heavy (non-hydrogen) atoms. The van der Waals surface area contributed by atoms with Gasteiger partial charge >= 0.3 is 0 Å². The number of nitrogens with one attached hydrogen (secondary N) is 1. The highest BCUT2D eigenvalue weighted by atomic mass is 16.5. The lowest BCUT2D eigenvalue weighted by Gasteiger charge is -2.32. The average molecular weight is 421 g/mol. The molecule has 7 heteroatoms. The van der Waals surface area contributed by atoms with Crippen molar-refractivity contribution in [2.24, 2.45) is 0 Å². The van der Waals surface area contributed by atoms with E-state index in [2.05, 4.69) is 21.9 Å². The van der Waals surface area contributed by atoms with E-state index in [0.29, 0.717) is 31.7 Å². The Morgan fingerprint density at radius 3 is 2.74 bits per heavy atom. The van der Waals surface area contributed by atoms with Gasteiger partial charge in [-0.2, -0.15) is 0 Å². The lowest BCUT2D eigenvalue weighted by molar-refractivity contribution is -0.136. The van der Waals surface area contributed by atoms with Gasteiger partial charge in [-0.15, -0.1) is 0 Å². The zero-order chi connectivity index (χ0) is 22.1. The first kappa shape index (κ1) is 21.1. The Labute approximate surface area is 182 Å². The Balaban J connectivity index is 1.77. The summed E-state index contributed by atoms with van der Waals surface area (Å²) in [6, 6.07) is 9.80. The van der Waals surface area contributed by atoms with Gasteiger partial charge in [0, 0.05) is 50.8 Å². The molecule has 162 valence electrons. The predicted octanol–water partition coefficient (Wildman–Crippen LogP) is 2.77. The number of carbonyl (C=O) groups excluding carboxylic acids is 2. The van der Waals surface area contributed by atoms with Crippen LogP contribution >= 0.6 is 0 Å². The molecule has 0 aliphatic carbocycles. The van der Waals surface area contributed by atoms with Crippen LogP contribution in [0.15, 0.2) is 36.5 Å². The van der Waals surface area contributed by atoms with Gasteiger partial charge in [-0.3, -0.25) is 9.59 Å². The van der Waals surface area contributed by atoms with Crippen molar-refractivity contribution in [2.45, 2.75) is 33.3 Å². The highest BCUT2D eigenvalue weighted by molar-refractivity contribution is 5.95. The maximum Gasteiger partial charge on any atom is 0.251 e. The first-order valence-electron chi connectivity index (χ1n) is 10.5. The van der Waals surface area contributed by atoms with Gasteiger partial charge in [-0.05, 0) is 49.2 Å². The summed E-state index contributed by atoms with van der Waals surface area (Å²) in [6.07, 6.45) is 2.58. The number of amides is 2. The van der Waals surface area contributed by atoms with Gasteiger partial charge < -0.3 is 19.4 Å².